The van der Waals surface area contributed by atoms with Gasteiger partial charge in [0, 0.05) is 24.2 Å². The quantitative estimate of drug-likeness (QED) is 0.458. The van der Waals surface area contributed by atoms with Crippen LogP contribution >= 0.6 is 22.7 Å². The van der Waals surface area contributed by atoms with Crippen molar-refractivity contribution in [1.82, 2.24) is 19.9 Å². The van der Waals surface area contributed by atoms with Gasteiger partial charge < -0.3 is 9.64 Å². The van der Waals surface area contributed by atoms with Crippen LogP contribution in [-0.2, 0) is 0 Å². The molecule has 9 heteroatoms. The van der Waals surface area contributed by atoms with E-state index >= 15 is 0 Å². The van der Waals surface area contributed by atoms with Crippen LogP contribution < -0.4 is 15.0 Å². The molecule has 1 saturated heterocycles. The van der Waals surface area contributed by atoms with E-state index in [4.69, 9.17) is 4.74 Å². The highest BCUT2D eigenvalue weighted by Crippen LogP contribution is 2.33. The van der Waals surface area contributed by atoms with Gasteiger partial charge in [0.15, 0.2) is 5.13 Å². The van der Waals surface area contributed by atoms with Gasteiger partial charge >= 0.3 is 6.01 Å². The molecule has 0 saturated carbocycles. The number of thiazole rings is 1. The monoisotopic (exact) mass is 422 g/mol. The second-order valence-corrected chi connectivity index (χ2v) is 8.46. The maximum atomic E-state index is 5.88. The number of anilines is 3. The van der Waals surface area contributed by atoms with E-state index in [1.54, 1.807) is 22.7 Å². The average molecular weight is 423 g/mol. The fourth-order valence-corrected chi connectivity index (χ4v) is 4.69. The second-order valence-electron chi connectivity index (χ2n) is 6.48. The van der Waals surface area contributed by atoms with Crippen LogP contribution in [-0.4, -0.2) is 33.0 Å². The number of nitrogens with zero attached hydrogens (tertiary/aromatic N) is 5. The summed E-state index contributed by atoms with van der Waals surface area (Å²) in [5, 5.41) is 6.01. The van der Waals surface area contributed by atoms with Crippen LogP contribution in [0, 0.1) is 0 Å². The third-order valence-corrected chi connectivity index (χ3v) is 6.41. The normalized spacial score (nSPS) is 13.6. The average Bonchev–Trinajstić information content (AvgIpc) is 3.50. The van der Waals surface area contributed by atoms with E-state index in [1.807, 2.05) is 42.6 Å². The summed E-state index contributed by atoms with van der Waals surface area (Å²) in [6.45, 7) is 1.88. The summed E-state index contributed by atoms with van der Waals surface area (Å²) in [6, 6.07) is 13.9. The number of ether oxygens (including phenoxy) is 1. The van der Waals surface area contributed by atoms with Crippen LogP contribution in [0.2, 0.25) is 0 Å². The minimum absolute atomic E-state index is 0.269. The number of hydrogen-bond acceptors (Lipinski definition) is 9. The molecule has 4 aromatic rings. The summed E-state index contributed by atoms with van der Waals surface area (Å²) in [7, 11) is 0. The van der Waals surface area contributed by atoms with E-state index in [0.717, 1.165) is 35.9 Å². The van der Waals surface area contributed by atoms with Crippen LogP contribution in [0.1, 0.15) is 12.8 Å². The Kier molecular flexibility index (Phi) is 5.06. The molecule has 7 nitrogen and oxygen atoms in total. The summed E-state index contributed by atoms with van der Waals surface area (Å²) in [5.74, 6) is 1.74. The SMILES string of the molecule is c1ccc(Oc2nc(Nc3ncc(-c4cccs4)s3)nc(N3CCCC3)n2)cc1. The van der Waals surface area contributed by atoms with Gasteiger partial charge in [-0.05, 0) is 36.4 Å². The molecule has 146 valence electrons. The van der Waals surface area contributed by atoms with Crippen LogP contribution in [0.5, 0.6) is 11.8 Å². The van der Waals surface area contributed by atoms with Crippen molar-refractivity contribution in [3.05, 3.63) is 54.0 Å². The molecular weight excluding hydrogens is 404 g/mol. The third kappa shape index (κ3) is 4.20. The van der Waals surface area contributed by atoms with Gasteiger partial charge in [0.05, 0.1) is 4.88 Å². The van der Waals surface area contributed by atoms with Crippen LogP contribution in [0.25, 0.3) is 9.75 Å². The van der Waals surface area contributed by atoms with Gasteiger partial charge in [0.1, 0.15) is 5.75 Å². The summed E-state index contributed by atoms with van der Waals surface area (Å²) in [5.41, 5.74) is 0. The predicted octanol–water partition coefficient (Wildman–Crippen LogP) is 5.19. The Morgan fingerprint density at radius 3 is 2.59 bits per heavy atom. The maximum Gasteiger partial charge on any atom is 0.328 e. The molecule has 1 aliphatic heterocycles. The Bertz CT molecular complexity index is 1080. The molecule has 0 unspecified atom stereocenters. The first-order valence-corrected chi connectivity index (χ1v) is 11.0. The fraction of sp³-hybridized carbons (Fsp3) is 0.200. The van der Waals surface area contributed by atoms with Crippen molar-refractivity contribution >= 4 is 39.7 Å². The number of nitrogens with one attached hydrogen (secondary N) is 1. The highest BCUT2D eigenvalue weighted by Gasteiger charge is 2.19. The molecule has 4 heterocycles. The van der Waals surface area contributed by atoms with E-state index in [2.05, 4.69) is 41.6 Å². The zero-order chi connectivity index (χ0) is 19.5. The van der Waals surface area contributed by atoms with E-state index < -0.39 is 0 Å². The molecule has 1 aromatic carbocycles. The molecular formula is C20H18N6OS2. The fourth-order valence-electron chi connectivity index (χ4n) is 3.06. The molecule has 0 atom stereocenters. The lowest BCUT2D eigenvalue weighted by molar-refractivity contribution is 0.440. The lowest BCUT2D eigenvalue weighted by Gasteiger charge is -2.16. The summed E-state index contributed by atoms with van der Waals surface area (Å²) >= 11 is 3.26. The first kappa shape index (κ1) is 18.0. The van der Waals surface area contributed by atoms with Crippen molar-refractivity contribution in [2.75, 3.05) is 23.3 Å². The van der Waals surface area contributed by atoms with Gasteiger partial charge in [0.2, 0.25) is 11.9 Å². The highest BCUT2D eigenvalue weighted by molar-refractivity contribution is 7.23. The molecule has 29 heavy (non-hydrogen) atoms. The number of hydrogen-bond donors (Lipinski definition) is 1. The van der Waals surface area contributed by atoms with Crippen LogP contribution in [0.4, 0.5) is 17.0 Å². The van der Waals surface area contributed by atoms with Gasteiger partial charge in [-0.15, -0.1) is 11.3 Å². The van der Waals surface area contributed by atoms with Crippen molar-refractivity contribution in [3.8, 4) is 21.5 Å². The molecule has 1 fully saturated rings. The minimum Gasteiger partial charge on any atom is -0.424 e. The second kappa shape index (κ2) is 8.14. The third-order valence-electron chi connectivity index (χ3n) is 4.43. The van der Waals surface area contributed by atoms with E-state index in [9.17, 15) is 0 Å². The molecule has 1 aliphatic rings. The van der Waals surface area contributed by atoms with E-state index in [-0.39, 0.29) is 6.01 Å². The van der Waals surface area contributed by atoms with Crippen molar-refractivity contribution in [1.29, 1.82) is 0 Å². The molecule has 0 aliphatic carbocycles. The van der Waals surface area contributed by atoms with Crippen molar-refractivity contribution in [2.24, 2.45) is 0 Å². The summed E-state index contributed by atoms with van der Waals surface area (Å²) in [4.78, 5) is 22.5. The Morgan fingerprint density at radius 2 is 1.79 bits per heavy atom. The zero-order valence-corrected chi connectivity index (χ0v) is 17.1. The number of thiophene rings is 1. The number of aromatic nitrogens is 4. The van der Waals surface area contributed by atoms with Crippen LogP contribution in [0.15, 0.2) is 54.0 Å². The molecule has 5 rings (SSSR count). The topological polar surface area (TPSA) is 76.1 Å². The smallest absolute Gasteiger partial charge is 0.328 e. The molecule has 0 radical (unpaired) electrons. The van der Waals surface area contributed by atoms with Crippen molar-refractivity contribution in [3.63, 3.8) is 0 Å². The molecule has 0 amide bonds. The van der Waals surface area contributed by atoms with Crippen molar-refractivity contribution < 1.29 is 4.74 Å². The Labute approximate surface area is 176 Å². The van der Waals surface area contributed by atoms with E-state index in [1.165, 1.54) is 4.88 Å². The van der Waals surface area contributed by atoms with Crippen LogP contribution in [0.3, 0.4) is 0 Å². The molecule has 0 spiro atoms. The zero-order valence-electron chi connectivity index (χ0n) is 15.5. The van der Waals surface area contributed by atoms with Gasteiger partial charge in [0.25, 0.3) is 0 Å². The lowest BCUT2D eigenvalue weighted by Crippen LogP contribution is -2.21. The first-order chi connectivity index (χ1) is 14.3. The number of rotatable bonds is 6. The standard InChI is InChI=1S/C20H18N6OS2/c1-2-7-14(8-3-1)27-19-23-17(22-18(25-19)26-10-4-5-11-26)24-20-21-13-16(29-20)15-9-6-12-28-15/h1-3,6-9,12-13H,4-5,10-11H2,(H,21,22,23,24,25). The van der Waals surface area contributed by atoms with E-state index in [0.29, 0.717) is 17.6 Å². The van der Waals surface area contributed by atoms with Crippen molar-refractivity contribution in [2.45, 2.75) is 12.8 Å². The molecule has 0 bridgehead atoms. The Balaban J connectivity index is 1.43. The first-order valence-electron chi connectivity index (χ1n) is 9.34. The number of benzene rings is 1. The lowest BCUT2D eigenvalue weighted by atomic mass is 10.3. The van der Waals surface area contributed by atoms with Gasteiger partial charge in [-0.3, -0.25) is 5.32 Å². The summed E-state index contributed by atoms with van der Waals surface area (Å²) in [6.07, 6.45) is 4.14. The largest absolute Gasteiger partial charge is 0.424 e. The maximum absolute atomic E-state index is 5.88. The Morgan fingerprint density at radius 1 is 0.931 bits per heavy atom. The number of para-hydroxylation sites is 1. The van der Waals surface area contributed by atoms with Gasteiger partial charge in [-0.2, -0.15) is 15.0 Å². The minimum atomic E-state index is 0.269. The molecule has 3 aromatic heterocycles. The molecule has 1 N–H and O–H groups in total. The highest BCUT2D eigenvalue weighted by atomic mass is 32.1. The van der Waals surface area contributed by atoms with Gasteiger partial charge in [-0.25, -0.2) is 4.98 Å². The summed E-state index contributed by atoms with van der Waals surface area (Å²) < 4.78 is 5.88. The predicted molar refractivity (Wildman–Crippen MR) is 116 cm³/mol. The Hall–Kier alpha value is -3.04. The van der Waals surface area contributed by atoms with Gasteiger partial charge in [-0.1, -0.05) is 35.6 Å².